The van der Waals surface area contributed by atoms with Crippen molar-refractivity contribution >= 4 is 29.4 Å². The molecule has 4 N–H and O–H groups in total. The van der Waals surface area contributed by atoms with Crippen molar-refractivity contribution in [3.05, 3.63) is 74.6 Å². The molecule has 2 rings (SSSR count). The summed E-state index contributed by atoms with van der Waals surface area (Å²) in [5.41, 5.74) is 9.43. The number of azide groups is 1. The third-order valence-corrected chi connectivity index (χ3v) is 4.23. The third-order valence-electron chi connectivity index (χ3n) is 4.00. The number of hydrogen-bond donors (Lipinski definition) is 4. The molecule has 2 aromatic rings. The molecule has 0 aromatic heterocycles. The van der Waals surface area contributed by atoms with Crippen molar-refractivity contribution in [1.29, 1.82) is 0 Å². The molecule has 1 atom stereocenters. The SMILES string of the molecule is [N-]=[N+]=NC[C@H](CC(=O)O)NC(=O)c1ccc(CNC(=O)c2ccc(Cl)cc2O)cc1. The number of nitrogens with one attached hydrogen (secondary N) is 2. The summed E-state index contributed by atoms with van der Waals surface area (Å²) < 4.78 is 0. The van der Waals surface area contributed by atoms with Gasteiger partial charge >= 0.3 is 5.97 Å². The number of aromatic hydroxyl groups is 1. The van der Waals surface area contributed by atoms with Gasteiger partial charge in [-0.25, -0.2) is 0 Å². The molecular weight excluding hydrogens is 414 g/mol. The van der Waals surface area contributed by atoms with Crippen LogP contribution in [-0.4, -0.2) is 40.6 Å². The van der Waals surface area contributed by atoms with Gasteiger partial charge in [0, 0.05) is 34.6 Å². The van der Waals surface area contributed by atoms with Crippen molar-refractivity contribution in [3.8, 4) is 5.75 Å². The fourth-order valence-electron chi connectivity index (χ4n) is 2.52. The number of phenolic OH excluding ortho intramolecular Hbond substituents is 1. The average Bonchev–Trinajstić information content (AvgIpc) is 2.70. The monoisotopic (exact) mass is 431 g/mol. The van der Waals surface area contributed by atoms with Crippen LogP contribution in [0, 0.1) is 0 Å². The maximum absolute atomic E-state index is 12.3. The van der Waals surface area contributed by atoms with Crippen LogP contribution in [0.5, 0.6) is 5.75 Å². The number of carbonyl (C=O) groups excluding carboxylic acids is 2. The Bertz CT molecular complexity index is 985. The van der Waals surface area contributed by atoms with Crippen LogP contribution < -0.4 is 10.6 Å². The van der Waals surface area contributed by atoms with Crippen LogP contribution in [-0.2, 0) is 11.3 Å². The molecule has 2 aromatic carbocycles. The number of carbonyl (C=O) groups is 3. The summed E-state index contributed by atoms with van der Waals surface area (Å²) in [7, 11) is 0. The van der Waals surface area contributed by atoms with Crippen molar-refractivity contribution in [2.75, 3.05) is 6.54 Å². The maximum Gasteiger partial charge on any atom is 0.305 e. The normalized spacial score (nSPS) is 11.1. The predicted octanol–water partition coefficient (Wildman–Crippen LogP) is 2.86. The maximum atomic E-state index is 12.3. The van der Waals surface area contributed by atoms with Gasteiger partial charge in [0.05, 0.1) is 12.0 Å². The van der Waals surface area contributed by atoms with E-state index in [0.717, 1.165) is 0 Å². The second-order valence-corrected chi connectivity index (χ2v) is 6.66. The molecule has 2 amide bonds. The van der Waals surface area contributed by atoms with E-state index >= 15 is 0 Å². The highest BCUT2D eigenvalue weighted by atomic mass is 35.5. The van der Waals surface area contributed by atoms with E-state index < -0.39 is 23.8 Å². The third kappa shape index (κ3) is 6.69. The van der Waals surface area contributed by atoms with Crippen molar-refractivity contribution in [2.45, 2.75) is 19.0 Å². The Morgan fingerprint density at radius 3 is 2.43 bits per heavy atom. The van der Waals surface area contributed by atoms with Gasteiger partial charge < -0.3 is 20.8 Å². The standard InChI is InChI=1S/C19H18ClN5O5/c20-13-5-6-15(16(26)7-13)19(30)22-9-11-1-3-12(4-2-11)18(29)24-14(8-17(27)28)10-23-25-21/h1-7,14,26H,8-10H2,(H,22,30)(H,24,29)(H,27,28)/t14-/m0/s1. The summed E-state index contributed by atoms with van der Waals surface area (Å²) in [6, 6.07) is 9.60. The smallest absolute Gasteiger partial charge is 0.305 e. The zero-order valence-corrected chi connectivity index (χ0v) is 16.3. The minimum absolute atomic E-state index is 0.0832. The van der Waals surface area contributed by atoms with E-state index in [-0.39, 0.29) is 36.4 Å². The highest BCUT2D eigenvalue weighted by Gasteiger charge is 2.16. The van der Waals surface area contributed by atoms with Gasteiger partial charge in [-0.2, -0.15) is 0 Å². The van der Waals surface area contributed by atoms with E-state index in [0.29, 0.717) is 10.6 Å². The van der Waals surface area contributed by atoms with E-state index in [1.807, 2.05) is 0 Å². The molecule has 0 saturated heterocycles. The Morgan fingerprint density at radius 2 is 1.83 bits per heavy atom. The lowest BCUT2D eigenvalue weighted by Gasteiger charge is -2.14. The molecule has 0 aliphatic heterocycles. The number of carboxylic acid groups (broad SMARTS) is 1. The highest BCUT2D eigenvalue weighted by Crippen LogP contribution is 2.21. The first-order valence-corrected chi connectivity index (χ1v) is 9.07. The van der Waals surface area contributed by atoms with Crippen LogP contribution in [0.25, 0.3) is 10.4 Å². The van der Waals surface area contributed by atoms with E-state index in [4.69, 9.17) is 22.2 Å². The molecule has 30 heavy (non-hydrogen) atoms. The number of nitrogens with zero attached hydrogens (tertiary/aromatic N) is 3. The topological polar surface area (TPSA) is 164 Å². The molecule has 0 fully saturated rings. The zero-order chi connectivity index (χ0) is 22.1. The van der Waals surface area contributed by atoms with Crippen LogP contribution in [0.15, 0.2) is 47.6 Å². The Hall–Kier alpha value is -3.75. The zero-order valence-electron chi connectivity index (χ0n) is 15.6. The van der Waals surface area contributed by atoms with Crippen molar-refractivity contribution < 1.29 is 24.6 Å². The fourth-order valence-corrected chi connectivity index (χ4v) is 2.69. The molecule has 0 spiro atoms. The molecule has 0 saturated carbocycles. The molecule has 0 aliphatic carbocycles. The molecular formula is C19H18ClN5O5. The van der Waals surface area contributed by atoms with Crippen molar-refractivity contribution in [2.24, 2.45) is 5.11 Å². The second kappa shape index (κ2) is 10.7. The summed E-state index contributed by atoms with van der Waals surface area (Å²) in [5.74, 6) is -2.37. The van der Waals surface area contributed by atoms with E-state index in [2.05, 4.69) is 20.7 Å². The first-order valence-electron chi connectivity index (χ1n) is 8.69. The minimum atomic E-state index is -1.13. The van der Waals surface area contributed by atoms with Crippen molar-refractivity contribution in [1.82, 2.24) is 10.6 Å². The van der Waals surface area contributed by atoms with Gasteiger partial charge in [-0.3, -0.25) is 14.4 Å². The number of carboxylic acids is 1. The molecule has 0 radical (unpaired) electrons. The van der Waals surface area contributed by atoms with Gasteiger partial charge in [-0.05, 0) is 41.4 Å². The number of hydrogen-bond acceptors (Lipinski definition) is 5. The van der Waals surface area contributed by atoms with E-state index in [9.17, 15) is 19.5 Å². The molecule has 10 nitrogen and oxygen atoms in total. The predicted molar refractivity (Wildman–Crippen MR) is 108 cm³/mol. The molecule has 11 heteroatoms. The van der Waals surface area contributed by atoms with Gasteiger partial charge in [0.25, 0.3) is 11.8 Å². The van der Waals surface area contributed by atoms with Gasteiger partial charge in [-0.15, -0.1) is 0 Å². The van der Waals surface area contributed by atoms with Gasteiger partial charge in [-0.1, -0.05) is 28.8 Å². The Labute approximate surface area is 176 Å². The summed E-state index contributed by atoms with van der Waals surface area (Å²) in [5, 5.41) is 27.4. The summed E-state index contributed by atoms with van der Waals surface area (Å²) in [6.45, 7) is -0.0302. The van der Waals surface area contributed by atoms with Gasteiger partial charge in [0.15, 0.2) is 0 Å². The van der Waals surface area contributed by atoms with E-state index in [1.54, 1.807) is 12.1 Å². The summed E-state index contributed by atoms with van der Waals surface area (Å²) in [4.78, 5) is 37.9. The number of rotatable bonds is 9. The second-order valence-electron chi connectivity index (χ2n) is 6.22. The summed E-state index contributed by atoms with van der Waals surface area (Å²) in [6.07, 6.45) is -0.383. The lowest BCUT2D eigenvalue weighted by molar-refractivity contribution is -0.137. The van der Waals surface area contributed by atoms with Crippen LogP contribution in [0.3, 0.4) is 0 Å². The minimum Gasteiger partial charge on any atom is -0.507 e. The largest absolute Gasteiger partial charge is 0.507 e. The van der Waals surface area contributed by atoms with Crippen molar-refractivity contribution in [3.63, 3.8) is 0 Å². The quantitative estimate of drug-likeness (QED) is 0.272. The van der Waals surface area contributed by atoms with Crippen LogP contribution >= 0.6 is 11.6 Å². The molecule has 0 heterocycles. The molecule has 0 bridgehead atoms. The van der Waals surface area contributed by atoms with Crippen LogP contribution in [0.1, 0.15) is 32.7 Å². The lowest BCUT2D eigenvalue weighted by atomic mass is 10.1. The van der Waals surface area contributed by atoms with Crippen LogP contribution in [0.2, 0.25) is 5.02 Å². The van der Waals surface area contributed by atoms with E-state index in [1.165, 1.54) is 30.3 Å². The Balaban J connectivity index is 1.96. The fraction of sp³-hybridized carbons (Fsp3) is 0.211. The number of benzene rings is 2. The number of phenols is 1. The van der Waals surface area contributed by atoms with Gasteiger partial charge in [0.2, 0.25) is 0 Å². The molecule has 0 aliphatic rings. The lowest BCUT2D eigenvalue weighted by Crippen LogP contribution is -2.38. The molecule has 0 unspecified atom stereocenters. The van der Waals surface area contributed by atoms with Gasteiger partial charge in [0.1, 0.15) is 5.75 Å². The average molecular weight is 432 g/mol. The first kappa shape index (κ1) is 22.5. The Kier molecular flexibility index (Phi) is 8.04. The summed E-state index contributed by atoms with van der Waals surface area (Å²) >= 11 is 5.74. The van der Waals surface area contributed by atoms with Crippen LogP contribution in [0.4, 0.5) is 0 Å². The number of halogens is 1. The number of aliphatic carboxylic acids is 1. The highest BCUT2D eigenvalue weighted by molar-refractivity contribution is 6.30. The Morgan fingerprint density at radius 1 is 1.13 bits per heavy atom. The number of amides is 2. The molecule has 156 valence electrons. The first-order chi connectivity index (χ1) is 14.3.